The van der Waals surface area contributed by atoms with Gasteiger partial charge < -0.3 is 4.57 Å². The summed E-state index contributed by atoms with van der Waals surface area (Å²) < 4.78 is 4.34. The van der Waals surface area contributed by atoms with Crippen LogP contribution in [-0.4, -0.2) is 10.5 Å². The second kappa shape index (κ2) is 7.49. The number of aryl methyl sites for hydroxylation is 3. The second-order valence-corrected chi connectivity index (χ2v) is 8.68. The van der Waals surface area contributed by atoms with E-state index in [9.17, 15) is 4.79 Å². The summed E-state index contributed by atoms with van der Waals surface area (Å²) in [4.78, 5) is 18.1. The van der Waals surface area contributed by atoms with Crippen molar-refractivity contribution in [1.82, 2.24) is 4.57 Å². The zero-order valence-electron chi connectivity index (χ0n) is 14.8. The summed E-state index contributed by atoms with van der Waals surface area (Å²) in [7, 11) is 0. The van der Waals surface area contributed by atoms with Gasteiger partial charge in [0, 0.05) is 16.6 Å². The summed E-state index contributed by atoms with van der Waals surface area (Å²) in [5.74, 6) is -0.145. The van der Waals surface area contributed by atoms with Gasteiger partial charge in [-0.05, 0) is 73.6 Å². The molecule has 0 unspecified atom stereocenters. The van der Waals surface area contributed by atoms with Crippen LogP contribution in [0.5, 0.6) is 0 Å². The van der Waals surface area contributed by atoms with Crippen LogP contribution in [0.15, 0.2) is 45.9 Å². The summed E-state index contributed by atoms with van der Waals surface area (Å²) in [6.45, 7) is 3.00. The highest BCUT2D eigenvalue weighted by molar-refractivity contribution is 9.10. The fourth-order valence-corrected chi connectivity index (χ4v) is 5.20. The number of thiazole rings is 1. The van der Waals surface area contributed by atoms with Crippen LogP contribution >= 0.6 is 27.3 Å². The second-order valence-electron chi connectivity index (χ2n) is 6.76. The highest BCUT2D eigenvalue weighted by Crippen LogP contribution is 2.24. The number of aromatic nitrogens is 1. The standard InChI is InChI=1S/C21H21BrN2OS/c1-2-11-24-18-10-9-17(22)13-19(18)26-21(24)23-20(25)16-8-7-14-5-3-4-6-15(14)12-16/h7-10,12-13H,2-6,11H2,1H3. The van der Waals surface area contributed by atoms with Crippen molar-refractivity contribution < 1.29 is 4.79 Å². The molecule has 1 aliphatic rings. The van der Waals surface area contributed by atoms with Crippen LogP contribution in [0, 0.1) is 0 Å². The average Bonchev–Trinajstić information content (AvgIpc) is 2.98. The first-order valence-electron chi connectivity index (χ1n) is 9.15. The van der Waals surface area contributed by atoms with Crippen molar-refractivity contribution in [3.05, 3.63) is 62.4 Å². The van der Waals surface area contributed by atoms with Crippen molar-refractivity contribution >= 4 is 43.4 Å². The van der Waals surface area contributed by atoms with E-state index in [0.29, 0.717) is 5.56 Å². The van der Waals surface area contributed by atoms with Gasteiger partial charge in [0.15, 0.2) is 4.80 Å². The zero-order chi connectivity index (χ0) is 18.1. The number of carbonyl (C=O) groups excluding carboxylic acids is 1. The highest BCUT2D eigenvalue weighted by atomic mass is 79.9. The Labute approximate surface area is 165 Å². The minimum atomic E-state index is -0.145. The van der Waals surface area contributed by atoms with Crippen LogP contribution in [-0.2, 0) is 19.4 Å². The molecule has 0 fully saturated rings. The molecule has 2 aromatic carbocycles. The van der Waals surface area contributed by atoms with Crippen LogP contribution in [0.25, 0.3) is 10.2 Å². The summed E-state index contributed by atoms with van der Waals surface area (Å²) >= 11 is 5.10. The van der Waals surface area contributed by atoms with Crippen LogP contribution in [0.2, 0.25) is 0 Å². The topological polar surface area (TPSA) is 34.4 Å². The van der Waals surface area contributed by atoms with Crippen LogP contribution in [0.4, 0.5) is 0 Å². The van der Waals surface area contributed by atoms with Gasteiger partial charge in [0.2, 0.25) is 0 Å². The molecule has 1 amide bonds. The van der Waals surface area contributed by atoms with E-state index >= 15 is 0 Å². The molecule has 0 radical (unpaired) electrons. The third-order valence-corrected chi connectivity index (χ3v) is 6.42. The molecule has 1 aliphatic carbocycles. The van der Waals surface area contributed by atoms with Crippen LogP contribution < -0.4 is 4.80 Å². The molecule has 1 aromatic heterocycles. The third kappa shape index (κ3) is 3.42. The van der Waals surface area contributed by atoms with Gasteiger partial charge in [-0.1, -0.05) is 40.3 Å². The minimum Gasteiger partial charge on any atom is -0.316 e. The first kappa shape index (κ1) is 17.7. The molecule has 5 heteroatoms. The smallest absolute Gasteiger partial charge is 0.279 e. The molecular formula is C21H21BrN2OS. The Morgan fingerprint density at radius 2 is 1.96 bits per heavy atom. The normalized spacial score (nSPS) is 14.6. The maximum Gasteiger partial charge on any atom is 0.279 e. The van der Waals surface area contributed by atoms with E-state index in [1.54, 1.807) is 11.3 Å². The quantitative estimate of drug-likeness (QED) is 0.542. The van der Waals surface area contributed by atoms with E-state index in [1.807, 2.05) is 18.2 Å². The molecule has 0 saturated heterocycles. The monoisotopic (exact) mass is 428 g/mol. The average molecular weight is 429 g/mol. The lowest BCUT2D eigenvalue weighted by Gasteiger charge is -2.15. The Morgan fingerprint density at radius 3 is 2.77 bits per heavy atom. The first-order chi connectivity index (χ1) is 12.7. The maximum absolute atomic E-state index is 12.8. The molecule has 0 atom stereocenters. The molecule has 0 aliphatic heterocycles. The Kier molecular flexibility index (Phi) is 5.09. The van der Waals surface area contributed by atoms with E-state index in [2.05, 4.69) is 50.6 Å². The molecule has 134 valence electrons. The van der Waals surface area contributed by atoms with Gasteiger partial charge >= 0.3 is 0 Å². The van der Waals surface area contributed by atoms with Crippen molar-refractivity contribution in [2.45, 2.75) is 45.6 Å². The summed E-state index contributed by atoms with van der Waals surface area (Å²) in [6.07, 6.45) is 5.66. The Morgan fingerprint density at radius 1 is 1.15 bits per heavy atom. The fourth-order valence-electron chi connectivity index (χ4n) is 3.59. The SMILES string of the molecule is CCCn1c(=NC(=O)c2ccc3c(c2)CCCC3)sc2cc(Br)ccc21. The van der Waals surface area contributed by atoms with E-state index < -0.39 is 0 Å². The molecule has 1 heterocycles. The van der Waals surface area contributed by atoms with Gasteiger partial charge in [0.25, 0.3) is 5.91 Å². The molecule has 0 saturated carbocycles. The third-order valence-electron chi connectivity index (χ3n) is 4.88. The molecule has 0 N–H and O–H groups in total. The molecule has 0 bridgehead atoms. The minimum absolute atomic E-state index is 0.145. The molecule has 26 heavy (non-hydrogen) atoms. The van der Waals surface area contributed by atoms with Gasteiger partial charge in [-0.2, -0.15) is 4.99 Å². The maximum atomic E-state index is 12.8. The van der Waals surface area contributed by atoms with Gasteiger partial charge in [-0.15, -0.1) is 0 Å². The van der Waals surface area contributed by atoms with Crippen LogP contribution in [0.3, 0.4) is 0 Å². The van der Waals surface area contributed by atoms with Gasteiger partial charge in [-0.25, -0.2) is 0 Å². The van der Waals surface area contributed by atoms with Gasteiger partial charge in [0.05, 0.1) is 10.2 Å². The Hall–Kier alpha value is -1.72. The number of amides is 1. The van der Waals surface area contributed by atoms with Crippen molar-refractivity contribution in [1.29, 1.82) is 0 Å². The predicted octanol–water partition coefficient (Wildman–Crippen LogP) is 5.50. The van der Waals surface area contributed by atoms with Crippen molar-refractivity contribution in [2.75, 3.05) is 0 Å². The summed E-state index contributed by atoms with van der Waals surface area (Å²) in [6, 6.07) is 12.3. The molecular weight excluding hydrogens is 408 g/mol. The predicted molar refractivity (Wildman–Crippen MR) is 111 cm³/mol. The van der Waals surface area contributed by atoms with E-state index in [1.165, 1.54) is 24.0 Å². The Balaban J connectivity index is 1.77. The molecule has 0 spiro atoms. The number of carbonyl (C=O) groups is 1. The van der Waals surface area contributed by atoms with Crippen molar-refractivity contribution in [2.24, 2.45) is 4.99 Å². The number of benzene rings is 2. The van der Waals surface area contributed by atoms with E-state index in [0.717, 1.165) is 45.3 Å². The number of rotatable bonds is 3. The number of nitrogens with zero attached hydrogens (tertiary/aromatic N) is 2. The lowest BCUT2D eigenvalue weighted by molar-refractivity contribution is 0.0997. The summed E-state index contributed by atoms with van der Waals surface area (Å²) in [5.41, 5.74) is 4.55. The van der Waals surface area contributed by atoms with Gasteiger partial charge in [-0.3, -0.25) is 4.79 Å². The number of hydrogen-bond acceptors (Lipinski definition) is 2. The fraction of sp³-hybridized carbons (Fsp3) is 0.333. The number of fused-ring (bicyclic) bond motifs is 2. The van der Waals surface area contributed by atoms with Gasteiger partial charge in [0.1, 0.15) is 0 Å². The van der Waals surface area contributed by atoms with Crippen LogP contribution in [0.1, 0.15) is 47.7 Å². The lowest BCUT2D eigenvalue weighted by atomic mass is 9.90. The molecule has 3 aromatic rings. The Bertz CT molecular complexity index is 1050. The number of halogens is 1. The zero-order valence-corrected chi connectivity index (χ0v) is 17.2. The lowest BCUT2D eigenvalue weighted by Crippen LogP contribution is -2.17. The molecule has 3 nitrogen and oxygen atoms in total. The van der Waals surface area contributed by atoms with Crippen molar-refractivity contribution in [3.63, 3.8) is 0 Å². The largest absolute Gasteiger partial charge is 0.316 e. The van der Waals surface area contributed by atoms with E-state index in [-0.39, 0.29) is 5.91 Å². The first-order valence-corrected chi connectivity index (χ1v) is 10.8. The summed E-state index contributed by atoms with van der Waals surface area (Å²) in [5, 5.41) is 0. The van der Waals surface area contributed by atoms with E-state index in [4.69, 9.17) is 0 Å². The number of hydrogen-bond donors (Lipinski definition) is 0. The van der Waals surface area contributed by atoms with Crippen molar-refractivity contribution in [3.8, 4) is 0 Å². The molecule has 4 rings (SSSR count). The highest BCUT2D eigenvalue weighted by Gasteiger charge is 2.13.